The van der Waals surface area contributed by atoms with E-state index in [1.807, 2.05) is 53.4 Å². The molecule has 1 amide bonds. The van der Waals surface area contributed by atoms with Crippen LogP contribution in [0.5, 0.6) is 0 Å². The van der Waals surface area contributed by atoms with Gasteiger partial charge in [-0.25, -0.2) is 13.8 Å². The van der Waals surface area contributed by atoms with Crippen molar-refractivity contribution >= 4 is 28.3 Å². The number of pyridine rings is 1. The van der Waals surface area contributed by atoms with E-state index in [9.17, 15) is 13.6 Å². The molecule has 166 valence electrons. The molecule has 32 heavy (non-hydrogen) atoms. The van der Waals surface area contributed by atoms with Gasteiger partial charge in [0.15, 0.2) is 0 Å². The minimum atomic E-state index is -2.69. The van der Waals surface area contributed by atoms with E-state index in [0.29, 0.717) is 30.0 Å². The Morgan fingerprint density at radius 3 is 2.62 bits per heavy atom. The summed E-state index contributed by atoms with van der Waals surface area (Å²) in [4.78, 5) is 19.9. The molecule has 7 heteroatoms. The molecule has 1 aliphatic carbocycles. The number of rotatable bonds is 4. The van der Waals surface area contributed by atoms with Gasteiger partial charge < -0.3 is 16.0 Å². The van der Waals surface area contributed by atoms with E-state index in [2.05, 4.69) is 5.32 Å². The lowest BCUT2D eigenvalue weighted by Crippen LogP contribution is -2.29. The zero-order valence-corrected chi connectivity index (χ0v) is 17.8. The van der Waals surface area contributed by atoms with E-state index >= 15 is 0 Å². The van der Waals surface area contributed by atoms with Gasteiger partial charge >= 0.3 is 0 Å². The van der Waals surface area contributed by atoms with Gasteiger partial charge in [-0.05, 0) is 49.1 Å². The van der Waals surface area contributed by atoms with Crippen LogP contribution in [0.15, 0.2) is 54.6 Å². The van der Waals surface area contributed by atoms with Crippen LogP contribution in [0.2, 0.25) is 0 Å². The summed E-state index contributed by atoms with van der Waals surface area (Å²) in [6.45, 7) is 0.593. The Morgan fingerprint density at radius 2 is 1.81 bits per heavy atom. The fourth-order valence-corrected chi connectivity index (χ4v) is 4.32. The number of hydrogen-bond donors (Lipinski definition) is 2. The first kappa shape index (κ1) is 20.8. The fourth-order valence-electron chi connectivity index (χ4n) is 4.32. The number of nitrogens with zero attached hydrogens (tertiary/aromatic N) is 2. The molecule has 2 aromatic carbocycles. The van der Waals surface area contributed by atoms with E-state index in [1.54, 1.807) is 6.07 Å². The minimum Gasteiger partial charge on any atom is -0.356 e. The van der Waals surface area contributed by atoms with Gasteiger partial charge in [-0.15, -0.1) is 0 Å². The van der Waals surface area contributed by atoms with Crippen molar-refractivity contribution in [1.29, 1.82) is 0 Å². The maximum absolute atomic E-state index is 14.0. The highest BCUT2D eigenvalue weighted by Gasteiger charge is 2.40. The summed E-state index contributed by atoms with van der Waals surface area (Å²) in [5.41, 5.74) is 8.79. The van der Waals surface area contributed by atoms with Crippen LogP contribution in [0.1, 0.15) is 48.0 Å². The van der Waals surface area contributed by atoms with Gasteiger partial charge in [0.1, 0.15) is 5.82 Å². The number of nitrogens with two attached hydrogens (primary N) is 1. The zero-order chi connectivity index (χ0) is 22.3. The number of fused-ring (bicyclic) bond motifs is 1. The molecule has 1 saturated heterocycles. The van der Waals surface area contributed by atoms with E-state index in [4.69, 9.17) is 10.7 Å². The van der Waals surface area contributed by atoms with Gasteiger partial charge in [0, 0.05) is 42.5 Å². The average Bonchev–Trinajstić information content (AvgIpc) is 3.56. The Balaban J connectivity index is 1.49. The largest absolute Gasteiger partial charge is 0.356 e. The Morgan fingerprint density at radius 1 is 1.00 bits per heavy atom. The molecule has 5 nitrogen and oxygen atoms in total. The summed E-state index contributed by atoms with van der Waals surface area (Å²) in [5, 5.41) is 3.79. The summed E-state index contributed by atoms with van der Waals surface area (Å²) >= 11 is 0. The van der Waals surface area contributed by atoms with Crippen molar-refractivity contribution in [3.63, 3.8) is 0 Å². The molecule has 1 saturated carbocycles. The SMILES string of the molecule is NC1(c2cccc(NC(=O)c3cc4ccccc4nc3N3CCCC(F)(F)CC3)c2)CC1. The number of benzene rings is 2. The van der Waals surface area contributed by atoms with Crippen molar-refractivity contribution in [3.8, 4) is 0 Å². The Hall–Kier alpha value is -3.06. The lowest BCUT2D eigenvalue weighted by atomic mass is 10.0. The number of aromatic nitrogens is 1. The summed E-state index contributed by atoms with van der Waals surface area (Å²) in [6, 6.07) is 16.9. The van der Waals surface area contributed by atoms with Crippen LogP contribution in [-0.4, -0.2) is 29.9 Å². The molecule has 0 unspecified atom stereocenters. The third-order valence-corrected chi connectivity index (χ3v) is 6.45. The number of carbonyl (C=O) groups is 1. The second-order valence-corrected chi connectivity index (χ2v) is 8.94. The van der Waals surface area contributed by atoms with Crippen LogP contribution in [0.3, 0.4) is 0 Å². The predicted molar refractivity (Wildman–Crippen MR) is 122 cm³/mol. The summed E-state index contributed by atoms with van der Waals surface area (Å²) in [5.74, 6) is -2.55. The Bertz CT molecular complexity index is 1180. The molecule has 2 heterocycles. The molecule has 0 radical (unpaired) electrons. The maximum atomic E-state index is 14.0. The van der Waals surface area contributed by atoms with Crippen molar-refractivity contribution in [1.82, 2.24) is 4.98 Å². The number of halogens is 2. The third-order valence-electron chi connectivity index (χ3n) is 6.45. The number of para-hydroxylation sites is 1. The average molecular weight is 437 g/mol. The van der Waals surface area contributed by atoms with Crippen molar-refractivity contribution in [2.75, 3.05) is 23.3 Å². The number of anilines is 2. The number of nitrogens with one attached hydrogen (secondary N) is 1. The maximum Gasteiger partial charge on any atom is 0.259 e. The first-order valence-corrected chi connectivity index (χ1v) is 11.1. The Labute approximate surface area is 185 Å². The molecule has 0 spiro atoms. The monoisotopic (exact) mass is 436 g/mol. The molecular weight excluding hydrogens is 410 g/mol. The molecule has 0 atom stereocenters. The van der Waals surface area contributed by atoms with E-state index in [0.717, 1.165) is 29.3 Å². The number of alkyl halides is 2. The topological polar surface area (TPSA) is 71.2 Å². The second-order valence-electron chi connectivity index (χ2n) is 8.94. The van der Waals surface area contributed by atoms with Crippen molar-refractivity contribution in [2.45, 2.75) is 43.6 Å². The molecule has 2 fully saturated rings. The quantitative estimate of drug-likeness (QED) is 0.600. The molecular formula is C25H26F2N4O. The van der Waals surface area contributed by atoms with Crippen LogP contribution in [0.4, 0.5) is 20.3 Å². The van der Waals surface area contributed by atoms with Gasteiger partial charge in [0.25, 0.3) is 5.91 Å². The van der Waals surface area contributed by atoms with Crippen LogP contribution in [0, 0.1) is 0 Å². The smallest absolute Gasteiger partial charge is 0.259 e. The molecule has 3 aromatic rings. The van der Waals surface area contributed by atoms with Crippen LogP contribution >= 0.6 is 0 Å². The van der Waals surface area contributed by atoms with E-state index in [1.165, 1.54) is 0 Å². The molecule has 2 aliphatic rings. The number of amides is 1. The number of carbonyl (C=O) groups excluding carboxylic acids is 1. The first-order chi connectivity index (χ1) is 15.3. The summed E-state index contributed by atoms with van der Waals surface area (Å²) < 4.78 is 27.9. The van der Waals surface area contributed by atoms with E-state index in [-0.39, 0.29) is 30.8 Å². The molecule has 0 bridgehead atoms. The van der Waals surface area contributed by atoms with Gasteiger partial charge in [-0.2, -0.15) is 0 Å². The first-order valence-electron chi connectivity index (χ1n) is 11.1. The van der Waals surface area contributed by atoms with E-state index < -0.39 is 5.92 Å². The van der Waals surface area contributed by atoms with Crippen LogP contribution in [0.25, 0.3) is 10.9 Å². The summed E-state index contributed by atoms with van der Waals surface area (Å²) in [6.07, 6.45) is 1.82. The molecule has 1 aromatic heterocycles. The zero-order valence-electron chi connectivity index (χ0n) is 17.8. The van der Waals surface area contributed by atoms with Gasteiger partial charge in [-0.1, -0.05) is 30.3 Å². The van der Waals surface area contributed by atoms with Gasteiger partial charge in [0.05, 0.1) is 11.1 Å². The number of hydrogen-bond acceptors (Lipinski definition) is 4. The molecule has 3 N–H and O–H groups in total. The molecule has 5 rings (SSSR count). The van der Waals surface area contributed by atoms with Crippen molar-refractivity contribution in [2.24, 2.45) is 5.73 Å². The van der Waals surface area contributed by atoms with Crippen molar-refractivity contribution < 1.29 is 13.6 Å². The highest BCUT2D eigenvalue weighted by molar-refractivity contribution is 6.09. The van der Waals surface area contributed by atoms with Crippen LogP contribution < -0.4 is 16.0 Å². The van der Waals surface area contributed by atoms with Crippen LogP contribution in [-0.2, 0) is 5.54 Å². The highest BCUT2D eigenvalue weighted by Crippen LogP contribution is 2.43. The third kappa shape index (κ3) is 4.17. The standard InChI is InChI=1S/C25H26F2N4O/c26-25(27)9-4-13-31(14-12-25)22-20(15-17-5-1-2-8-21(17)30-22)23(32)29-19-7-3-6-18(16-19)24(28)10-11-24/h1-3,5-8,15-16H,4,9-14,28H2,(H,29,32). The van der Waals surface area contributed by atoms with Crippen molar-refractivity contribution in [3.05, 3.63) is 65.7 Å². The van der Waals surface area contributed by atoms with Gasteiger partial charge in [0.2, 0.25) is 5.92 Å². The summed E-state index contributed by atoms with van der Waals surface area (Å²) in [7, 11) is 0. The minimum absolute atomic E-state index is 0.147. The predicted octanol–water partition coefficient (Wildman–Crippen LogP) is 5.06. The van der Waals surface area contributed by atoms with Gasteiger partial charge in [-0.3, -0.25) is 4.79 Å². The normalized spacial score (nSPS) is 19.4. The Kier molecular flexibility index (Phi) is 5.08. The fraction of sp³-hybridized carbons (Fsp3) is 0.360. The lowest BCUT2D eigenvalue weighted by molar-refractivity contribution is -0.0102. The lowest BCUT2D eigenvalue weighted by Gasteiger charge is -2.24. The highest BCUT2D eigenvalue weighted by atomic mass is 19.3. The second kappa shape index (κ2) is 7.81. The molecule has 1 aliphatic heterocycles.